The number of H-pyrrole nitrogens is 1. The smallest absolute Gasteiger partial charge is 0.188 e. The van der Waals surface area contributed by atoms with E-state index in [0.29, 0.717) is 15.9 Å². The van der Waals surface area contributed by atoms with Crippen molar-refractivity contribution in [3.8, 4) is 0 Å². The molecular formula is C6H5N3O2S. The number of aromatic nitrogens is 3. The van der Waals surface area contributed by atoms with Crippen LogP contribution in [0.5, 0.6) is 0 Å². The summed E-state index contributed by atoms with van der Waals surface area (Å²) < 4.78 is 19.5. The average Bonchev–Trinajstić information content (AvgIpc) is 2.47. The first-order chi connectivity index (χ1) is 5.79. The zero-order valence-corrected chi connectivity index (χ0v) is 6.71. The van der Waals surface area contributed by atoms with Crippen LogP contribution >= 0.6 is 0 Å². The fourth-order valence-corrected chi connectivity index (χ4v) is 1.48. The van der Waals surface area contributed by atoms with E-state index in [0.717, 1.165) is 0 Å². The molecule has 0 radical (unpaired) electrons. The van der Waals surface area contributed by atoms with E-state index in [1.54, 1.807) is 0 Å². The van der Waals surface area contributed by atoms with Gasteiger partial charge in [-0.1, -0.05) is 0 Å². The maximum atomic E-state index is 10.7. The van der Waals surface area contributed by atoms with Crippen LogP contribution in [-0.4, -0.2) is 23.7 Å². The highest BCUT2D eigenvalue weighted by atomic mass is 32.2. The van der Waals surface area contributed by atoms with Crippen molar-refractivity contribution in [3.05, 3.63) is 18.7 Å². The zero-order chi connectivity index (χ0) is 8.55. The lowest BCUT2D eigenvalue weighted by molar-refractivity contribution is 0.565. The third kappa shape index (κ3) is 1.01. The number of fused-ring (bicyclic) bond motifs is 1. The SMILES string of the molecule is O=S(O)c1c[nH]c2ncncc12. The van der Waals surface area contributed by atoms with E-state index >= 15 is 0 Å². The first-order valence-electron chi connectivity index (χ1n) is 3.17. The van der Waals surface area contributed by atoms with Gasteiger partial charge in [-0.3, -0.25) is 0 Å². The monoisotopic (exact) mass is 183 g/mol. The van der Waals surface area contributed by atoms with Gasteiger partial charge in [-0.2, -0.15) is 0 Å². The number of nitrogens with zero attached hydrogens (tertiary/aromatic N) is 2. The molecule has 12 heavy (non-hydrogen) atoms. The van der Waals surface area contributed by atoms with E-state index in [1.165, 1.54) is 18.7 Å². The molecule has 0 aliphatic heterocycles. The molecule has 0 bridgehead atoms. The van der Waals surface area contributed by atoms with Crippen molar-refractivity contribution in [2.75, 3.05) is 0 Å². The van der Waals surface area contributed by atoms with Crippen molar-refractivity contribution in [2.45, 2.75) is 4.90 Å². The fraction of sp³-hybridized carbons (Fsp3) is 0. The fourth-order valence-electron chi connectivity index (χ4n) is 0.981. The summed E-state index contributed by atoms with van der Waals surface area (Å²) in [5.74, 6) is 0. The van der Waals surface area contributed by atoms with E-state index in [9.17, 15) is 4.21 Å². The molecule has 2 aromatic heterocycles. The van der Waals surface area contributed by atoms with Crippen molar-refractivity contribution in [2.24, 2.45) is 0 Å². The lowest BCUT2D eigenvalue weighted by Gasteiger charge is -1.88. The molecular weight excluding hydrogens is 178 g/mol. The number of nitrogens with one attached hydrogen (secondary N) is 1. The molecule has 1 unspecified atom stereocenters. The van der Waals surface area contributed by atoms with Gasteiger partial charge >= 0.3 is 0 Å². The van der Waals surface area contributed by atoms with E-state index in [2.05, 4.69) is 15.0 Å². The predicted molar refractivity (Wildman–Crippen MR) is 42.9 cm³/mol. The van der Waals surface area contributed by atoms with Crippen LogP contribution in [0.3, 0.4) is 0 Å². The van der Waals surface area contributed by atoms with E-state index in [1.807, 2.05) is 0 Å². The van der Waals surface area contributed by atoms with Crippen LogP contribution in [0.4, 0.5) is 0 Å². The van der Waals surface area contributed by atoms with Crippen molar-refractivity contribution >= 4 is 22.1 Å². The van der Waals surface area contributed by atoms with Crippen molar-refractivity contribution < 1.29 is 8.76 Å². The van der Waals surface area contributed by atoms with Crippen LogP contribution in [0.25, 0.3) is 11.0 Å². The minimum Gasteiger partial charge on any atom is -0.345 e. The zero-order valence-electron chi connectivity index (χ0n) is 5.89. The average molecular weight is 183 g/mol. The second-order valence-corrected chi connectivity index (χ2v) is 3.13. The lowest BCUT2D eigenvalue weighted by Crippen LogP contribution is -1.85. The Morgan fingerprint density at radius 1 is 1.58 bits per heavy atom. The number of rotatable bonds is 1. The van der Waals surface area contributed by atoms with Gasteiger partial charge in [-0.15, -0.1) is 0 Å². The third-order valence-corrected chi connectivity index (χ3v) is 2.22. The van der Waals surface area contributed by atoms with Crippen LogP contribution in [0.15, 0.2) is 23.6 Å². The van der Waals surface area contributed by atoms with Gasteiger partial charge in [0, 0.05) is 12.4 Å². The standard InChI is InChI=1S/C6H5N3O2S/c10-12(11)5-2-8-6-4(5)1-7-3-9-6/h1-3H,(H,10,11)(H,7,8,9). The first kappa shape index (κ1) is 7.38. The maximum Gasteiger partial charge on any atom is 0.188 e. The molecule has 0 spiro atoms. The molecule has 0 aliphatic rings. The lowest BCUT2D eigenvalue weighted by atomic mass is 10.4. The Hall–Kier alpha value is -1.27. The third-order valence-electron chi connectivity index (χ3n) is 1.51. The van der Waals surface area contributed by atoms with Crippen molar-refractivity contribution in [1.82, 2.24) is 15.0 Å². The molecule has 0 aliphatic carbocycles. The maximum absolute atomic E-state index is 10.7. The van der Waals surface area contributed by atoms with Crippen LogP contribution < -0.4 is 0 Å². The molecule has 2 heterocycles. The summed E-state index contributed by atoms with van der Waals surface area (Å²) in [7, 11) is 0. The summed E-state index contributed by atoms with van der Waals surface area (Å²) in [5, 5.41) is 0.582. The second kappa shape index (κ2) is 2.65. The first-order valence-corrected chi connectivity index (χ1v) is 4.27. The van der Waals surface area contributed by atoms with Gasteiger partial charge in [-0.05, 0) is 0 Å². The molecule has 6 heteroatoms. The van der Waals surface area contributed by atoms with Crippen LogP contribution in [0.1, 0.15) is 0 Å². The molecule has 0 saturated heterocycles. The summed E-state index contributed by atoms with van der Waals surface area (Å²) in [4.78, 5) is 10.7. The van der Waals surface area contributed by atoms with Gasteiger partial charge in [-0.25, -0.2) is 14.2 Å². The van der Waals surface area contributed by atoms with Crippen molar-refractivity contribution in [1.29, 1.82) is 0 Å². The molecule has 2 rings (SSSR count). The highest BCUT2D eigenvalue weighted by Gasteiger charge is 2.08. The van der Waals surface area contributed by atoms with Gasteiger partial charge in [0.05, 0.1) is 10.3 Å². The molecule has 1 atom stereocenters. The topological polar surface area (TPSA) is 78.9 Å². The van der Waals surface area contributed by atoms with Crippen LogP contribution in [0.2, 0.25) is 0 Å². The van der Waals surface area contributed by atoms with Gasteiger partial charge in [0.15, 0.2) is 11.1 Å². The highest BCUT2D eigenvalue weighted by molar-refractivity contribution is 7.79. The summed E-state index contributed by atoms with van der Waals surface area (Å²) >= 11 is -1.98. The summed E-state index contributed by atoms with van der Waals surface area (Å²) in [6.45, 7) is 0. The molecule has 0 fully saturated rings. The Bertz CT molecular complexity index is 439. The molecule has 62 valence electrons. The minimum absolute atomic E-state index is 0.311. The Morgan fingerprint density at radius 2 is 2.42 bits per heavy atom. The Balaban J connectivity index is 2.79. The van der Waals surface area contributed by atoms with Gasteiger partial charge in [0.1, 0.15) is 12.0 Å². The Kier molecular flexibility index (Phi) is 1.63. The molecule has 5 nitrogen and oxygen atoms in total. The minimum atomic E-state index is -1.98. The van der Waals surface area contributed by atoms with Crippen molar-refractivity contribution in [3.63, 3.8) is 0 Å². The number of hydrogen-bond acceptors (Lipinski definition) is 3. The van der Waals surface area contributed by atoms with E-state index < -0.39 is 11.1 Å². The second-order valence-electron chi connectivity index (χ2n) is 2.19. The van der Waals surface area contributed by atoms with Crippen LogP contribution in [-0.2, 0) is 11.1 Å². The van der Waals surface area contributed by atoms with Gasteiger partial charge in [0.25, 0.3) is 0 Å². The summed E-state index contributed by atoms with van der Waals surface area (Å²) in [6, 6.07) is 0. The predicted octanol–water partition coefficient (Wildman–Crippen LogP) is 0.539. The molecule has 0 amide bonds. The number of aromatic amines is 1. The Morgan fingerprint density at radius 3 is 3.17 bits per heavy atom. The largest absolute Gasteiger partial charge is 0.345 e. The number of hydrogen-bond donors (Lipinski definition) is 2. The molecule has 0 saturated carbocycles. The van der Waals surface area contributed by atoms with Crippen LogP contribution in [0, 0.1) is 0 Å². The summed E-state index contributed by atoms with van der Waals surface area (Å²) in [5.41, 5.74) is 0.572. The summed E-state index contributed by atoms with van der Waals surface area (Å²) in [6.07, 6.45) is 4.33. The normalized spacial score (nSPS) is 13.4. The molecule has 2 N–H and O–H groups in total. The van der Waals surface area contributed by atoms with E-state index in [-0.39, 0.29) is 0 Å². The van der Waals surface area contributed by atoms with Gasteiger partial charge < -0.3 is 9.54 Å². The quantitative estimate of drug-likeness (QED) is 0.632. The van der Waals surface area contributed by atoms with E-state index in [4.69, 9.17) is 4.55 Å². The van der Waals surface area contributed by atoms with Gasteiger partial charge in [0.2, 0.25) is 0 Å². The molecule has 0 aromatic carbocycles. The Labute approximate surface area is 70.1 Å². The molecule has 2 aromatic rings. The highest BCUT2D eigenvalue weighted by Crippen LogP contribution is 2.16.